The zero-order valence-electron chi connectivity index (χ0n) is 12.5. The summed E-state index contributed by atoms with van der Waals surface area (Å²) < 4.78 is 19.0. The fourth-order valence-corrected chi connectivity index (χ4v) is 3.64. The number of ether oxygens (including phenoxy) is 1. The number of hydrogen-bond acceptors (Lipinski definition) is 4. The first-order chi connectivity index (χ1) is 10.7. The van der Waals surface area contributed by atoms with Crippen LogP contribution in [-0.4, -0.2) is 41.9 Å². The minimum absolute atomic E-state index is 0.0919. The molecule has 5 heteroatoms. The topological polar surface area (TPSA) is 56.5 Å². The highest BCUT2D eigenvalue weighted by molar-refractivity contribution is 5.34. The van der Waals surface area contributed by atoms with Crippen LogP contribution in [0.2, 0.25) is 0 Å². The SMILES string of the molecule is N#Cc1cc(CN2CCC[C@@H]2[C@H]2COCC[C@H]2O)ccc1F. The molecule has 0 unspecified atom stereocenters. The van der Waals surface area contributed by atoms with Crippen LogP contribution in [0.4, 0.5) is 4.39 Å². The molecule has 0 aliphatic carbocycles. The maximum atomic E-state index is 13.4. The fourth-order valence-electron chi connectivity index (χ4n) is 3.64. The molecule has 3 atom stereocenters. The molecule has 2 heterocycles. The standard InChI is InChI=1S/C17H21FN2O2/c18-15-4-3-12(8-13(15)9-19)10-20-6-1-2-16(20)14-11-22-7-5-17(14)21/h3-4,8,14,16-17,21H,1-2,5-7,10-11H2/t14-,16-,17-/m1/s1. The van der Waals surface area contributed by atoms with Crippen molar-refractivity contribution in [2.75, 3.05) is 19.8 Å². The van der Waals surface area contributed by atoms with E-state index in [2.05, 4.69) is 4.90 Å². The largest absolute Gasteiger partial charge is 0.393 e. The van der Waals surface area contributed by atoms with Crippen molar-refractivity contribution in [2.45, 2.75) is 38.0 Å². The van der Waals surface area contributed by atoms with Gasteiger partial charge in [-0.3, -0.25) is 4.90 Å². The molecule has 4 nitrogen and oxygen atoms in total. The van der Waals surface area contributed by atoms with Crippen LogP contribution in [0.5, 0.6) is 0 Å². The lowest BCUT2D eigenvalue weighted by Crippen LogP contribution is -2.45. The predicted molar refractivity (Wildman–Crippen MR) is 79.5 cm³/mol. The first kappa shape index (κ1) is 15.4. The quantitative estimate of drug-likeness (QED) is 0.928. The molecule has 1 N–H and O–H groups in total. The van der Waals surface area contributed by atoms with Crippen molar-refractivity contribution in [2.24, 2.45) is 5.92 Å². The lowest BCUT2D eigenvalue weighted by molar-refractivity contribution is -0.0636. The third-order valence-electron chi connectivity index (χ3n) is 4.81. The Bertz CT molecular complexity index is 572. The molecule has 0 saturated carbocycles. The highest BCUT2D eigenvalue weighted by atomic mass is 19.1. The van der Waals surface area contributed by atoms with Crippen LogP contribution in [0.25, 0.3) is 0 Å². The van der Waals surface area contributed by atoms with Crippen LogP contribution in [0.1, 0.15) is 30.4 Å². The Hall–Kier alpha value is -1.48. The lowest BCUT2D eigenvalue weighted by Gasteiger charge is -2.37. The van der Waals surface area contributed by atoms with Gasteiger partial charge >= 0.3 is 0 Å². The summed E-state index contributed by atoms with van der Waals surface area (Å²) in [5.41, 5.74) is 1.03. The first-order valence-electron chi connectivity index (χ1n) is 7.87. The number of rotatable bonds is 3. The second kappa shape index (κ2) is 6.74. The molecule has 0 spiro atoms. The van der Waals surface area contributed by atoms with Gasteiger partial charge in [0.15, 0.2) is 0 Å². The van der Waals surface area contributed by atoms with E-state index in [1.807, 2.05) is 6.07 Å². The van der Waals surface area contributed by atoms with E-state index in [4.69, 9.17) is 10.00 Å². The number of halogens is 1. The summed E-state index contributed by atoms with van der Waals surface area (Å²) in [4.78, 5) is 2.33. The van der Waals surface area contributed by atoms with Crippen LogP contribution >= 0.6 is 0 Å². The maximum absolute atomic E-state index is 13.4. The highest BCUT2D eigenvalue weighted by Gasteiger charge is 2.37. The number of likely N-dealkylation sites (tertiary alicyclic amines) is 1. The van der Waals surface area contributed by atoms with Gasteiger partial charge in [-0.25, -0.2) is 4.39 Å². The van der Waals surface area contributed by atoms with Crippen molar-refractivity contribution in [1.82, 2.24) is 4.90 Å². The highest BCUT2D eigenvalue weighted by Crippen LogP contribution is 2.31. The zero-order valence-corrected chi connectivity index (χ0v) is 12.5. The normalized spacial score (nSPS) is 29.4. The van der Waals surface area contributed by atoms with Gasteiger partial charge in [0.25, 0.3) is 0 Å². The Morgan fingerprint density at radius 1 is 1.41 bits per heavy atom. The lowest BCUT2D eigenvalue weighted by atomic mass is 9.89. The maximum Gasteiger partial charge on any atom is 0.140 e. The minimum atomic E-state index is -0.472. The van der Waals surface area contributed by atoms with E-state index in [1.54, 1.807) is 12.1 Å². The Morgan fingerprint density at radius 2 is 2.27 bits per heavy atom. The molecule has 0 bridgehead atoms. The summed E-state index contributed by atoms with van der Waals surface area (Å²) in [5.74, 6) is -0.326. The van der Waals surface area contributed by atoms with Gasteiger partial charge in [0.2, 0.25) is 0 Å². The van der Waals surface area contributed by atoms with Gasteiger partial charge in [-0.2, -0.15) is 5.26 Å². The van der Waals surface area contributed by atoms with E-state index in [0.29, 0.717) is 32.2 Å². The summed E-state index contributed by atoms with van der Waals surface area (Å²) in [6, 6.07) is 6.90. The average Bonchev–Trinajstić information content (AvgIpc) is 2.97. The first-order valence-corrected chi connectivity index (χ1v) is 7.87. The molecule has 1 aromatic carbocycles. The Kier molecular flexibility index (Phi) is 4.72. The summed E-state index contributed by atoms with van der Waals surface area (Å²) in [5, 5.41) is 19.2. The average molecular weight is 304 g/mol. The number of nitrogens with zero attached hydrogens (tertiary/aromatic N) is 2. The van der Waals surface area contributed by atoms with E-state index in [9.17, 15) is 9.50 Å². The van der Waals surface area contributed by atoms with Gasteiger partial charge in [0, 0.05) is 25.1 Å². The number of benzene rings is 1. The Balaban J connectivity index is 1.72. The van der Waals surface area contributed by atoms with Crippen molar-refractivity contribution in [1.29, 1.82) is 5.26 Å². The van der Waals surface area contributed by atoms with Gasteiger partial charge < -0.3 is 9.84 Å². The van der Waals surface area contributed by atoms with E-state index < -0.39 is 5.82 Å². The molecule has 2 aliphatic rings. The van der Waals surface area contributed by atoms with Crippen molar-refractivity contribution in [3.05, 3.63) is 35.1 Å². The third kappa shape index (κ3) is 3.14. The molecular formula is C17H21FN2O2. The molecule has 2 saturated heterocycles. The van der Waals surface area contributed by atoms with Crippen molar-refractivity contribution in [3.8, 4) is 6.07 Å². The van der Waals surface area contributed by atoms with E-state index in [1.165, 1.54) is 6.07 Å². The zero-order chi connectivity index (χ0) is 15.5. The van der Waals surface area contributed by atoms with Crippen LogP contribution in [0.15, 0.2) is 18.2 Å². The van der Waals surface area contributed by atoms with Gasteiger partial charge in [0.05, 0.1) is 18.3 Å². The molecule has 2 fully saturated rings. The Labute approximate surface area is 130 Å². The van der Waals surface area contributed by atoms with Crippen molar-refractivity contribution in [3.63, 3.8) is 0 Å². The number of hydrogen-bond donors (Lipinski definition) is 1. The molecule has 0 radical (unpaired) electrons. The molecule has 3 rings (SSSR count). The van der Waals surface area contributed by atoms with Gasteiger partial charge in [-0.05, 0) is 43.5 Å². The molecule has 0 aromatic heterocycles. The van der Waals surface area contributed by atoms with Crippen molar-refractivity contribution >= 4 is 0 Å². The van der Waals surface area contributed by atoms with Gasteiger partial charge in [0.1, 0.15) is 11.9 Å². The van der Waals surface area contributed by atoms with Crippen molar-refractivity contribution < 1.29 is 14.2 Å². The molecule has 22 heavy (non-hydrogen) atoms. The second-order valence-electron chi connectivity index (χ2n) is 6.20. The molecule has 1 aromatic rings. The Morgan fingerprint density at radius 3 is 3.05 bits per heavy atom. The number of nitriles is 1. The van der Waals surface area contributed by atoms with Gasteiger partial charge in [-0.15, -0.1) is 0 Å². The number of aliphatic hydroxyl groups is 1. The van der Waals surface area contributed by atoms with E-state index >= 15 is 0 Å². The smallest absolute Gasteiger partial charge is 0.140 e. The molecule has 2 aliphatic heterocycles. The minimum Gasteiger partial charge on any atom is -0.393 e. The summed E-state index contributed by atoms with van der Waals surface area (Å²) in [6.07, 6.45) is 2.55. The fraction of sp³-hybridized carbons (Fsp3) is 0.588. The third-order valence-corrected chi connectivity index (χ3v) is 4.81. The molecule has 118 valence electrons. The van der Waals surface area contributed by atoms with Crippen LogP contribution in [0, 0.1) is 23.1 Å². The molecule has 0 amide bonds. The summed E-state index contributed by atoms with van der Waals surface area (Å²) in [6.45, 7) is 2.89. The van der Waals surface area contributed by atoms with E-state index in [0.717, 1.165) is 24.9 Å². The monoisotopic (exact) mass is 304 g/mol. The van der Waals surface area contributed by atoms with Crippen LogP contribution in [-0.2, 0) is 11.3 Å². The summed E-state index contributed by atoms with van der Waals surface area (Å²) >= 11 is 0. The predicted octanol–water partition coefficient (Wildman–Crippen LogP) is 2.06. The second-order valence-corrected chi connectivity index (χ2v) is 6.20. The van der Waals surface area contributed by atoms with Crippen LogP contribution in [0.3, 0.4) is 0 Å². The summed E-state index contributed by atoms with van der Waals surface area (Å²) in [7, 11) is 0. The number of aliphatic hydroxyl groups excluding tert-OH is 1. The molecular weight excluding hydrogens is 283 g/mol. The van der Waals surface area contributed by atoms with Gasteiger partial charge in [-0.1, -0.05) is 6.07 Å². The van der Waals surface area contributed by atoms with Crippen LogP contribution < -0.4 is 0 Å². The van der Waals surface area contributed by atoms with E-state index in [-0.39, 0.29) is 17.6 Å².